The number of benzene rings is 1. The van der Waals surface area contributed by atoms with E-state index in [-0.39, 0.29) is 6.47 Å². The Kier molecular flexibility index (Phi) is 4.20. The average molecular weight is 222 g/mol. The molecule has 0 bridgehead atoms. The minimum absolute atomic E-state index is 0.0351. The number of carbonyl (C=O) groups is 3. The van der Waals surface area contributed by atoms with E-state index in [1.807, 2.05) is 0 Å². The molecule has 0 saturated carbocycles. The van der Waals surface area contributed by atoms with Crippen molar-refractivity contribution in [1.29, 1.82) is 0 Å². The summed E-state index contributed by atoms with van der Waals surface area (Å²) in [6.45, 7) is 1.15. The summed E-state index contributed by atoms with van der Waals surface area (Å²) >= 11 is 0. The summed E-state index contributed by atoms with van der Waals surface area (Å²) in [5.74, 6) is -1.20. The van der Waals surface area contributed by atoms with Gasteiger partial charge < -0.3 is 9.47 Å². The van der Waals surface area contributed by atoms with Crippen molar-refractivity contribution in [1.82, 2.24) is 0 Å². The highest BCUT2D eigenvalue weighted by Crippen LogP contribution is 2.12. The van der Waals surface area contributed by atoms with Crippen LogP contribution < -0.4 is 4.74 Å². The average Bonchev–Trinajstić information content (AvgIpc) is 2.27. The molecule has 84 valence electrons. The fraction of sp³-hybridized carbons (Fsp3) is 0.182. The third-order valence-electron chi connectivity index (χ3n) is 1.74. The number of ketones is 1. The number of carbonyl (C=O) groups excluding carboxylic acids is 3. The summed E-state index contributed by atoms with van der Waals surface area (Å²) in [6, 6.07) is 8.32. The van der Waals surface area contributed by atoms with Crippen molar-refractivity contribution >= 4 is 18.2 Å². The van der Waals surface area contributed by atoms with E-state index in [4.69, 9.17) is 4.74 Å². The molecule has 1 atom stereocenters. The van der Waals surface area contributed by atoms with Crippen LogP contribution in [0.15, 0.2) is 30.3 Å². The number of esters is 1. The van der Waals surface area contributed by atoms with Gasteiger partial charge in [-0.2, -0.15) is 0 Å². The Balaban J connectivity index is 2.76. The van der Waals surface area contributed by atoms with Crippen LogP contribution in [0, 0.1) is 0 Å². The SMILES string of the molecule is CC(=O)C(Oc1ccccc1)C(=O)OC=O. The van der Waals surface area contributed by atoms with Crippen molar-refractivity contribution in [3.8, 4) is 5.75 Å². The molecule has 1 rings (SSSR count). The lowest BCUT2D eigenvalue weighted by atomic mass is 10.2. The lowest BCUT2D eigenvalue weighted by Gasteiger charge is -2.13. The van der Waals surface area contributed by atoms with E-state index in [1.165, 1.54) is 6.92 Å². The van der Waals surface area contributed by atoms with Crippen molar-refractivity contribution in [3.05, 3.63) is 30.3 Å². The van der Waals surface area contributed by atoms with Crippen molar-refractivity contribution in [2.75, 3.05) is 0 Å². The molecule has 5 nitrogen and oxygen atoms in total. The Morgan fingerprint density at radius 3 is 2.38 bits per heavy atom. The maximum absolute atomic E-state index is 11.2. The fourth-order valence-corrected chi connectivity index (χ4v) is 1.04. The van der Waals surface area contributed by atoms with Crippen LogP contribution in [0.5, 0.6) is 5.75 Å². The van der Waals surface area contributed by atoms with Crippen LogP contribution >= 0.6 is 0 Å². The molecule has 16 heavy (non-hydrogen) atoms. The minimum atomic E-state index is -1.41. The first-order valence-electron chi connectivity index (χ1n) is 4.51. The van der Waals surface area contributed by atoms with Crippen LogP contribution in [0.25, 0.3) is 0 Å². The van der Waals surface area contributed by atoms with Crippen LogP contribution in [-0.4, -0.2) is 24.3 Å². The molecule has 0 radical (unpaired) electrons. The predicted molar refractivity (Wildman–Crippen MR) is 53.7 cm³/mol. The van der Waals surface area contributed by atoms with Gasteiger partial charge in [0.2, 0.25) is 0 Å². The molecule has 0 aliphatic carbocycles. The molecule has 0 saturated heterocycles. The van der Waals surface area contributed by atoms with Gasteiger partial charge >= 0.3 is 12.4 Å². The zero-order valence-corrected chi connectivity index (χ0v) is 8.58. The zero-order valence-electron chi connectivity index (χ0n) is 8.58. The highest BCUT2D eigenvalue weighted by Gasteiger charge is 2.27. The van der Waals surface area contributed by atoms with Crippen LogP contribution in [0.2, 0.25) is 0 Å². The molecule has 0 spiro atoms. The van der Waals surface area contributed by atoms with Gasteiger partial charge in [0, 0.05) is 0 Å². The van der Waals surface area contributed by atoms with Crippen LogP contribution in [0.3, 0.4) is 0 Å². The molecule has 0 aliphatic heterocycles. The second kappa shape index (κ2) is 5.65. The normalized spacial score (nSPS) is 11.3. The van der Waals surface area contributed by atoms with Crippen LogP contribution in [0.1, 0.15) is 6.92 Å². The summed E-state index contributed by atoms with van der Waals surface area (Å²) in [7, 11) is 0. The molecule has 0 fully saturated rings. The molecule has 1 aromatic carbocycles. The second-order valence-corrected chi connectivity index (χ2v) is 2.95. The first kappa shape index (κ1) is 11.9. The van der Waals surface area contributed by atoms with E-state index < -0.39 is 17.9 Å². The van der Waals surface area contributed by atoms with E-state index in [0.717, 1.165) is 0 Å². The Labute approximate surface area is 92.0 Å². The highest BCUT2D eigenvalue weighted by atomic mass is 16.6. The quantitative estimate of drug-likeness (QED) is 0.417. The molecular formula is C11H10O5. The second-order valence-electron chi connectivity index (χ2n) is 2.95. The van der Waals surface area contributed by atoms with E-state index in [2.05, 4.69) is 4.74 Å². The Hall–Kier alpha value is -2.17. The van der Waals surface area contributed by atoms with Gasteiger partial charge in [-0.05, 0) is 19.1 Å². The first-order valence-corrected chi connectivity index (χ1v) is 4.51. The number of para-hydroxylation sites is 1. The van der Waals surface area contributed by atoms with Gasteiger partial charge in [0.1, 0.15) is 5.75 Å². The smallest absolute Gasteiger partial charge is 0.362 e. The number of ether oxygens (including phenoxy) is 2. The molecule has 0 N–H and O–H groups in total. The largest absolute Gasteiger partial charge is 0.471 e. The van der Waals surface area contributed by atoms with Gasteiger partial charge in [0.25, 0.3) is 6.10 Å². The monoisotopic (exact) mass is 222 g/mol. The summed E-state index contributed by atoms with van der Waals surface area (Å²) in [4.78, 5) is 32.3. The summed E-state index contributed by atoms with van der Waals surface area (Å²) in [5, 5.41) is 0. The van der Waals surface area contributed by atoms with Gasteiger partial charge in [-0.3, -0.25) is 9.59 Å². The van der Waals surface area contributed by atoms with Crippen LogP contribution in [-0.2, 0) is 19.1 Å². The van der Waals surface area contributed by atoms with E-state index in [0.29, 0.717) is 5.75 Å². The molecule has 0 aromatic heterocycles. The molecule has 0 amide bonds. The molecule has 5 heteroatoms. The lowest BCUT2D eigenvalue weighted by molar-refractivity contribution is -0.159. The number of Topliss-reactive ketones (excluding diaryl/α,β-unsaturated/α-hetero) is 1. The Bertz CT molecular complexity index is 385. The van der Waals surface area contributed by atoms with E-state index >= 15 is 0 Å². The highest BCUT2D eigenvalue weighted by molar-refractivity contribution is 6.02. The first-order chi connectivity index (χ1) is 7.65. The number of rotatable bonds is 5. The molecule has 0 aliphatic rings. The van der Waals surface area contributed by atoms with Gasteiger partial charge in [0.15, 0.2) is 5.78 Å². The van der Waals surface area contributed by atoms with Gasteiger partial charge in [-0.1, -0.05) is 18.2 Å². The Morgan fingerprint density at radius 2 is 1.88 bits per heavy atom. The van der Waals surface area contributed by atoms with Crippen molar-refractivity contribution in [3.63, 3.8) is 0 Å². The molecule has 0 heterocycles. The molecular weight excluding hydrogens is 212 g/mol. The zero-order chi connectivity index (χ0) is 12.0. The fourth-order valence-electron chi connectivity index (χ4n) is 1.04. The minimum Gasteiger partial charge on any atom is -0.471 e. The standard InChI is InChI=1S/C11H10O5/c1-8(13)10(11(14)15-7-12)16-9-5-3-2-4-6-9/h2-7,10H,1H3. The molecule has 1 unspecified atom stereocenters. The topological polar surface area (TPSA) is 69.7 Å². The summed E-state index contributed by atoms with van der Waals surface area (Å²) < 4.78 is 9.18. The summed E-state index contributed by atoms with van der Waals surface area (Å²) in [5.41, 5.74) is 0. The third-order valence-corrected chi connectivity index (χ3v) is 1.74. The van der Waals surface area contributed by atoms with Gasteiger partial charge in [-0.25, -0.2) is 4.79 Å². The summed E-state index contributed by atoms with van der Waals surface area (Å²) in [6.07, 6.45) is -1.41. The van der Waals surface area contributed by atoms with E-state index in [9.17, 15) is 14.4 Å². The third kappa shape index (κ3) is 3.20. The van der Waals surface area contributed by atoms with Crippen molar-refractivity contribution < 1.29 is 23.9 Å². The van der Waals surface area contributed by atoms with Gasteiger partial charge in [0.05, 0.1) is 0 Å². The van der Waals surface area contributed by atoms with Gasteiger partial charge in [-0.15, -0.1) is 0 Å². The maximum atomic E-state index is 11.2. The lowest BCUT2D eigenvalue weighted by Crippen LogP contribution is -2.35. The van der Waals surface area contributed by atoms with E-state index in [1.54, 1.807) is 30.3 Å². The predicted octanol–water partition coefficient (Wildman–Crippen LogP) is 0.723. The number of hydrogen-bond donors (Lipinski definition) is 0. The van der Waals surface area contributed by atoms with Crippen molar-refractivity contribution in [2.24, 2.45) is 0 Å². The molecule has 1 aromatic rings. The maximum Gasteiger partial charge on any atom is 0.362 e. The van der Waals surface area contributed by atoms with Crippen molar-refractivity contribution in [2.45, 2.75) is 13.0 Å². The number of hydrogen-bond acceptors (Lipinski definition) is 5. The van der Waals surface area contributed by atoms with Crippen LogP contribution in [0.4, 0.5) is 0 Å². The Morgan fingerprint density at radius 1 is 1.25 bits per heavy atom.